The summed E-state index contributed by atoms with van der Waals surface area (Å²) < 4.78 is 7.12. The molecule has 1 atom stereocenters. The van der Waals surface area contributed by atoms with Gasteiger partial charge in [-0.15, -0.1) is 0 Å². The number of amides is 1. The van der Waals surface area contributed by atoms with E-state index in [2.05, 4.69) is 20.1 Å². The fourth-order valence-electron chi connectivity index (χ4n) is 3.19. The highest BCUT2D eigenvalue weighted by atomic mass is 16.5. The van der Waals surface area contributed by atoms with Crippen molar-refractivity contribution in [2.45, 2.75) is 31.7 Å². The van der Waals surface area contributed by atoms with E-state index >= 15 is 0 Å². The number of aromatic nitrogens is 4. The molecule has 0 bridgehead atoms. The lowest BCUT2D eigenvalue weighted by Crippen LogP contribution is -2.49. The van der Waals surface area contributed by atoms with Crippen LogP contribution < -0.4 is 0 Å². The fraction of sp³-hybridized carbons (Fsp3) is 0.625. The molecule has 8 heteroatoms. The lowest BCUT2D eigenvalue weighted by molar-refractivity contribution is 0.0479. The maximum atomic E-state index is 12.8. The van der Waals surface area contributed by atoms with Crippen LogP contribution in [0.3, 0.4) is 0 Å². The summed E-state index contributed by atoms with van der Waals surface area (Å²) in [6.07, 6.45) is 2.29. The van der Waals surface area contributed by atoms with Crippen molar-refractivity contribution in [1.82, 2.24) is 29.7 Å². The molecule has 1 aliphatic heterocycles. The van der Waals surface area contributed by atoms with Gasteiger partial charge in [0.2, 0.25) is 5.89 Å². The Labute approximate surface area is 140 Å². The van der Waals surface area contributed by atoms with Crippen LogP contribution in [0.4, 0.5) is 0 Å². The predicted molar refractivity (Wildman–Crippen MR) is 85.5 cm³/mol. The number of rotatable bonds is 3. The van der Waals surface area contributed by atoms with Crippen molar-refractivity contribution in [2.75, 3.05) is 26.7 Å². The summed E-state index contributed by atoms with van der Waals surface area (Å²) in [5.74, 6) is 1.88. The third-order valence-electron chi connectivity index (χ3n) is 4.84. The molecule has 1 amide bonds. The standard InChI is InChI=1S/C16H22N6O2/c1-10-8-12(21(3)18-10)16(23)22-7-6-20(2)13(9-22)15-17-14(19-24-15)11-4-5-11/h8,11,13H,4-7,9H2,1-3H3/t13-/m0/s1. The van der Waals surface area contributed by atoms with Crippen molar-refractivity contribution in [3.63, 3.8) is 0 Å². The van der Waals surface area contributed by atoms with Gasteiger partial charge in [-0.1, -0.05) is 5.16 Å². The van der Waals surface area contributed by atoms with Crippen molar-refractivity contribution < 1.29 is 9.32 Å². The molecule has 3 heterocycles. The smallest absolute Gasteiger partial charge is 0.272 e. The third kappa shape index (κ3) is 2.71. The molecule has 24 heavy (non-hydrogen) atoms. The maximum Gasteiger partial charge on any atom is 0.272 e. The van der Waals surface area contributed by atoms with E-state index < -0.39 is 0 Å². The second kappa shape index (κ2) is 5.70. The Bertz CT molecular complexity index is 762. The Kier molecular flexibility index (Phi) is 3.64. The van der Waals surface area contributed by atoms with Crippen LogP contribution in [0, 0.1) is 6.92 Å². The van der Waals surface area contributed by atoms with E-state index in [1.165, 1.54) is 0 Å². The van der Waals surface area contributed by atoms with Crippen LogP contribution >= 0.6 is 0 Å². The average Bonchev–Trinajstić information content (AvgIpc) is 3.19. The highest BCUT2D eigenvalue weighted by molar-refractivity contribution is 5.92. The zero-order chi connectivity index (χ0) is 16.8. The second-order valence-corrected chi connectivity index (χ2v) is 6.81. The fourth-order valence-corrected chi connectivity index (χ4v) is 3.19. The monoisotopic (exact) mass is 330 g/mol. The molecule has 1 saturated heterocycles. The van der Waals surface area contributed by atoms with Gasteiger partial charge in [0.15, 0.2) is 5.82 Å². The van der Waals surface area contributed by atoms with Gasteiger partial charge in [0.05, 0.1) is 5.69 Å². The molecule has 0 unspecified atom stereocenters. The summed E-state index contributed by atoms with van der Waals surface area (Å²) in [6, 6.07) is 1.77. The van der Waals surface area contributed by atoms with E-state index in [9.17, 15) is 4.79 Å². The summed E-state index contributed by atoms with van der Waals surface area (Å²) in [6.45, 7) is 3.89. The molecule has 2 aromatic heterocycles. The second-order valence-electron chi connectivity index (χ2n) is 6.81. The van der Waals surface area contributed by atoms with Gasteiger partial charge in [0.25, 0.3) is 5.91 Å². The van der Waals surface area contributed by atoms with Crippen LogP contribution in [0.1, 0.15) is 52.7 Å². The SMILES string of the molecule is Cc1cc(C(=O)N2CCN(C)[C@H](c3nc(C4CC4)no3)C2)n(C)n1. The van der Waals surface area contributed by atoms with Crippen LogP contribution in [-0.4, -0.2) is 62.3 Å². The van der Waals surface area contributed by atoms with Gasteiger partial charge >= 0.3 is 0 Å². The number of hydrogen-bond acceptors (Lipinski definition) is 6. The number of carbonyl (C=O) groups is 1. The molecular formula is C16H22N6O2. The normalized spacial score (nSPS) is 22.1. The number of carbonyl (C=O) groups excluding carboxylic acids is 1. The molecule has 2 aromatic rings. The van der Waals surface area contributed by atoms with Crippen molar-refractivity contribution >= 4 is 5.91 Å². The van der Waals surface area contributed by atoms with Gasteiger partial charge in [-0.25, -0.2) is 0 Å². The molecule has 0 radical (unpaired) electrons. The van der Waals surface area contributed by atoms with Crippen LogP contribution in [0.2, 0.25) is 0 Å². The average molecular weight is 330 g/mol. The maximum absolute atomic E-state index is 12.8. The van der Waals surface area contributed by atoms with Gasteiger partial charge in [-0.3, -0.25) is 14.4 Å². The summed E-state index contributed by atoms with van der Waals surface area (Å²) in [5.41, 5.74) is 1.46. The van der Waals surface area contributed by atoms with Gasteiger partial charge in [-0.05, 0) is 32.9 Å². The largest absolute Gasteiger partial charge is 0.338 e. The van der Waals surface area contributed by atoms with Crippen molar-refractivity contribution in [3.8, 4) is 0 Å². The zero-order valence-corrected chi connectivity index (χ0v) is 14.3. The molecule has 1 saturated carbocycles. The van der Waals surface area contributed by atoms with E-state index in [0.29, 0.717) is 30.6 Å². The first kappa shape index (κ1) is 15.3. The molecule has 8 nitrogen and oxygen atoms in total. The first-order valence-electron chi connectivity index (χ1n) is 8.36. The lowest BCUT2D eigenvalue weighted by Gasteiger charge is -2.37. The quantitative estimate of drug-likeness (QED) is 0.839. The van der Waals surface area contributed by atoms with Gasteiger partial charge in [0.1, 0.15) is 11.7 Å². The van der Waals surface area contributed by atoms with Crippen molar-refractivity contribution in [2.24, 2.45) is 7.05 Å². The van der Waals surface area contributed by atoms with E-state index in [1.54, 1.807) is 11.7 Å². The molecule has 2 fully saturated rings. The zero-order valence-electron chi connectivity index (χ0n) is 14.3. The van der Waals surface area contributed by atoms with Gasteiger partial charge in [-0.2, -0.15) is 10.1 Å². The molecule has 4 rings (SSSR count). The summed E-state index contributed by atoms with van der Waals surface area (Å²) >= 11 is 0. The summed E-state index contributed by atoms with van der Waals surface area (Å²) in [5, 5.41) is 8.37. The highest BCUT2D eigenvalue weighted by Crippen LogP contribution is 2.38. The number of likely N-dealkylation sites (N-methyl/N-ethyl adjacent to an activating group) is 1. The first-order chi connectivity index (χ1) is 11.5. The predicted octanol–water partition coefficient (Wildman–Crippen LogP) is 1.12. The molecule has 0 spiro atoms. The van der Waals surface area contributed by atoms with Crippen LogP contribution in [0.25, 0.3) is 0 Å². The minimum absolute atomic E-state index is 0.00173. The summed E-state index contributed by atoms with van der Waals surface area (Å²) in [7, 11) is 3.83. The summed E-state index contributed by atoms with van der Waals surface area (Å²) in [4.78, 5) is 21.4. The van der Waals surface area contributed by atoms with E-state index in [-0.39, 0.29) is 11.9 Å². The molecule has 0 N–H and O–H groups in total. The number of piperazine rings is 1. The Hall–Kier alpha value is -2.22. The molecular weight excluding hydrogens is 308 g/mol. The van der Waals surface area contributed by atoms with E-state index in [0.717, 1.165) is 30.9 Å². The van der Waals surface area contributed by atoms with Gasteiger partial charge < -0.3 is 9.42 Å². The molecule has 0 aromatic carbocycles. The minimum atomic E-state index is -0.0583. The topological polar surface area (TPSA) is 80.3 Å². The minimum Gasteiger partial charge on any atom is -0.338 e. The van der Waals surface area contributed by atoms with Gasteiger partial charge in [0, 0.05) is 32.6 Å². The van der Waals surface area contributed by atoms with Crippen LogP contribution in [0.15, 0.2) is 10.6 Å². The number of aryl methyl sites for hydroxylation is 2. The van der Waals surface area contributed by atoms with Crippen LogP contribution in [0.5, 0.6) is 0 Å². The Morgan fingerprint density at radius 2 is 2.08 bits per heavy atom. The molecule has 1 aliphatic carbocycles. The van der Waals surface area contributed by atoms with Crippen molar-refractivity contribution in [3.05, 3.63) is 29.2 Å². The number of nitrogens with zero attached hydrogens (tertiary/aromatic N) is 6. The van der Waals surface area contributed by atoms with Crippen LogP contribution in [-0.2, 0) is 7.05 Å². The number of hydrogen-bond donors (Lipinski definition) is 0. The highest BCUT2D eigenvalue weighted by Gasteiger charge is 2.35. The van der Waals surface area contributed by atoms with Crippen molar-refractivity contribution in [1.29, 1.82) is 0 Å². The Balaban J connectivity index is 1.53. The lowest BCUT2D eigenvalue weighted by atomic mass is 10.1. The third-order valence-corrected chi connectivity index (χ3v) is 4.84. The molecule has 128 valence electrons. The van der Waals surface area contributed by atoms with E-state index in [1.807, 2.05) is 24.9 Å². The molecule has 2 aliphatic rings. The Morgan fingerprint density at radius 3 is 2.75 bits per heavy atom. The van der Waals surface area contributed by atoms with E-state index in [4.69, 9.17) is 4.52 Å². The first-order valence-corrected chi connectivity index (χ1v) is 8.36. The Morgan fingerprint density at radius 1 is 1.29 bits per heavy atom.